The molecule has 0 aliphatic heterocycles. The number of carbonyl (C=O) groups is 1. The third-order valence-electron chi connectivity index (χ3n) is 2.67. The Morgan fingerprint density at radius 1 is 1.15 bits per heavy atom. The van der Waals surface area contributed by atoms with Crippen LogP contribution in [0.4, 0.5) is 22.0 Å². The van der Waals surface area contributed by atoms with Gasteiger partial charge in [0.1, 0.15) is 5.41 Å². The number of aliphatic hydroxyl groups excluding tert-OH is 1. The lowest BCUT2D eigenvalue weighted by molar-refractivity contribution is -0.306. The summed E-state index contributed by atoms with van der Waals surface area (Å²) in [4.78, 5) is 11.9. The molecule has 1 N–H and O–H groups in total. The van der Waals surface area contributed by atoms with Crippen LogP contribution in [0.2, 0.25) is 0 Å². The van der Waals surface area contributed by atoms with Gasteiger partial charge in [-0.2, -0.15) is 22.0 Å². The second kappa shape index (κ2) is 5.76. The van der Waals surface area contributed by atoms with Gasteiger partial charge in [-0.15, -0.1) is 0 Å². The molecule has 0 heterocycles. The second-order valence-corrected chi connectivity index (χ2v) is 4.31. The summed E-state index contributed by atoms with van der Waals surface area (Å²) < 4.78 is 65.6. The minimum Gasteiger partial charge on any atom is -0.512 e. The van der Waals surface area contributed by atoms with Crippen LogP contribution in [0.3, 0.4) is 0 Å². The molecule has 7 heteroatoms. The van der Waals surface area contributed by atoms with E-state index in [0.29, 0.717) is 12.2 Å². The van der Waals surface area contributed by atoms with Gasteiger partial charge in [0, 0.05) is 6.08 Å². The maximum atomic E-state index is 13.8. The highest BCUT2D eigenvalue weighted by atomic mass is 19.4. The van der Waals surface area contributed by atoms with Crippen molar-refractivity contribution in [2.75, 3.05) is 0 Å². The highest BCUT2D eigenvalue weighted by molar-refractivity contribution is 6.00. The van der Waals surface area contributed by atoms with Crippen LogP contribution in [0.1, 0.15) is 20.8 Å². The van der Waals surface area contributed by atoms with Gasteiger partial charge in [0.15, 0.2) is 5.78 Å². The van der Waals surface area contributed by atoms with Crippen LogP contribution in [-0.4, -0.2) is 23.0 Å². The Morgan fingerprint density at radius 3 is 1.85 bits per heavy atom. The molecule has 0 saturated heterocycles. The molecule has 0 radical (unpaired) electrons. The Balaban J connectivity index is 6.43. The van der Waals surface area contributed by atoms with E-state index in [1.165, 1.54) is 6.92 Å². The van der Waals surface area contributed by atoms with Crippen molar-refractivity contribution >= 4 is 5.78 Å². The van der Waals surface area contributed by atoms with Gasteiger partial charge in [-0.25, -0.2) is 0 Å². The first-order valence-corrected chi connectivity index (χ1v) is 5.50. The minimum absolute atomic E-state index is 0.328. The summed E-state index contributed by atoms with van der Waals surface area (Å²) in [6.45, 7) is 6.18. The normalized spacial score (nSPS) is 17.1. The van der Waals surface area contributed by atoms with Crippen molar-refractivity contribution in [3.63, 3.8) is 0 Å². The number of carbonyl (C=O) groups excluding carboxylic acids is 1. The molecule has 0 aliphatic rings. The second-order valence-electron chi connectivity index (χ2n) is 4.31. The summed E-state index contributed by atoms with van der Waals surface area (Å²) in [5.41, 5.74) is -3.97. The Morgan fingerprint density at radius 2 is 1.60 bits per heavy atom. The first-order chi connectivity index (χ1) is 8.84. The molecule has 0 saturated carbocycles. The molecule has 0 aromatic carbocycles. The van der Waals surface area contributed by atoms with Gasteiger partial charge in [-0.05, 0) is 20.8 Å². The zero-order valence-corrected chi connectivity index (χ0v) is 11.2. The fourth-order valence-corrected chi connectivity index (χ4v) is 1.74. The van der Waals surface area contributed by atoms with Crippen molar-refractivity contribution in [2.45, 2.75) is 32.9 Å². The number of halogens is 5. The third-order valence-corrected chi connectivity index (χ3v) is 2.67. The van der Waals surface area contributed by atoms with Gasteiger partial charge in [0.25, 0.3) is 0 Å². The largest absolute Gasteiger partial charge is 0.512 e. The lowest BCUT2D eigenvalue weighted by Crippen LogP contribution is -2.55. The predicted molar refractivity (Wildman–Crippen MR) is 64.5 cm³/mol. The molecule has 0 aromatic rings. The van der Waals surface area contributed by atoms with E-state index >= 15 is 0 Å². The standard InChI is InChI=1S/C13H15F5O2/c1-5-6-11(8(2)3,10(20)7-9(4)19)12(14,15)13(16,17)18/h5-7,19H,2H2,1,3-4H3/b6-5+,9-7-. The fourth-order valence-electron chi connectivity index (χ4n) is 1.74. The molecule has 1 unspecified atom stereocenters. The van der Waals surface area contributed by atoms with Crippen molar-refractivity contribution in [3.8, 4) is 0 Å². The first kappa shape index (κ1) is 18.3. The average molecular weight is 298 g/mol. The van der Waals surface area contributed by atoms with Crippen LogP contribution in [0.25, 0.3) is 0 Å². The van der Waals surface area contributed by atoms with E-state index in [4.69, 9.17) is 5.11 Å². The molecule has 2 nitrogen and oxygen atoms in total. The van der Waals surface area contributed by atoms with Gasteiger partial charge in [0.2, 0.25) is 0 Å². The quantitative estimate of drug-likeness (QED) is 0.354. The van der Waals surface area contributed by atoms with Crippen molar-refractivity contribution in [1.82, 2.24) is 0 Å². The van der Waals surface area contributed by atoms with E-state index in [9.17, 15) is 26.7 Å². The maximum Gasteiger partial charge on any atom is 0.455 e. The Labute approximate surface area is 113 Å². The topological polar surface area (TPSA) is 37.3 Å². The zero-order valence-electron chi connectivity index (χ0n) is 11.2. The number of rotatable bonds is 5. The van der Waals surface area contributed by atoms with E-state index in [1.54, 1.807) is 0 Å². The van der Waals surface area contributed by atoms with E-state index in [2.05, 4.69) is 6.58 Å². The average Bonchev–Trinajstić information content (AvgIpc) is 2.21. The molecule has 0 fully saturated rings. The summed E-state index contributed by atoms with van der Waals surface area (Å²) in [5, 5.41) is 8.97. The lowest BCUT2D eigenvalue weighted by Gasteiger charge is -2.37. The summed E-state index contributed by atoms with van der Waals surface area (Å²) in [6, 6.07) is 0. The number of allylic oxidation sites excluding steroid dienone is 5. The number of hydrogen-bond acceptors (Lipinski definition) is 2. The molecule has 0 spiro atoms. The van der Waals surface area contributed by atoms with E-state index in [-0.39, 0.29) is 0 Å². The summed E-state index contributed by atoms with van der Waals surface area (Å²) in [6.07, 6.45) is -4.26. The molecule has 0 aliphatic carbocycles. The smallest absolute Gasteiger partial charge is 0.455 e. The van der Waals surface area contributed by atoms with Crippen LogP contribution in [0.5, 0.6) is 0 Å². The van der Waals surface area contributed by atoms with Crippen LogP contribution in [0.15, 0.2) is 36.1 Å². The summed E-state index contributed by atoms with van der Waals surface area (Å²) in [5.74, 6) is -7.63. The van der Waals surface area contributed by atoms with E-state index in [0.717, 1.165) is 19.9 Å². The van der Waals surface area contributed by atoms with Gasteiger partial charge >= 0.3 is 12.1 Å². The van der Waals surface area contributed by atoms with Gasteiger partial charge in [-0.1, -0.05) is 24.3 Å². The molecule has 114 valence electrons. The van der Waals surface area contributed by atoms with E-state index < -0.39 is 34.6 Å². The van der Waals surface area contributed by atoms with Crippen molar-refractivity contribution in [2.24, 2.45) is 5.41 Å². The third kappa shape index (κ3) is 2.91. The number of aliphatic hydroxyl groups is 1. The van der Waals surface area contributed by atoms with Gasteiger partial charge < -0.3 is 5.11 Å². The van der Waals surface area contributed by atoms with E-state index in [1.807, 2.05) is 0 Å². The summed E-state index contributed by atoms with van der Waals surface area (Å²) in [7, 11) is 0. The fraction of sp³-hybridized carbons (Fsp3) is 0.462. The Kier molecular flexibility index (Phi) is 5.29. The molecular formula is C13H15F5O2. The number of ketones is 1. The molecule has 0 aromatic heterocycles. The first-order valence-electron chi connectivity index (χ1n) is 5.50. The maximum absolute atomic E-state index is 13.8. The molecule has 0 rings (SSSR count). The van der Waals surface area contributed by atoms with Crippen LogP contribution in [-0.2, 0) is 4.79 Å². The molecule has 1 atom stereocenters. The van der Waals surface area contributed by atoms with Crippen LogP contribution >= 0.6 is 0 Å². The van der Waals surface area contributed by atoms with Gasteiger partial charge in [-0.3, -0.25) is 4.79 Å². The number of alkyl halides is 5. The minimum atomic E-state index is -5.95. The molecular weight excluding hydrogens is 283 g/mol. The monoisotopic (exact) mass is 298 g/mol. The van der Waals surface area contributed by atoms with Crippen molar-refractivity contribution < 1.29 is 31.9 Å². The highest BCUT2D eigenvalue weighted by Gasteiger charge is 2.71. The van der Waals surface area contributed by atoms with Crippen LogP contribution < -0.4 is 0 Å². The molecule has 20 heavy (non-hydrogen) atoms. The van der Waals surface area contributed by atoms with Crippen LogP contribution in [0, 0.1) is 5.41 Å². The molecule has 0 bridgehead atoms. The van der Waals surface area contributed by atoms with Crippen molar-refractivity contribution in [1.29, 1.82) is 0 Å². The Hall–Kier alpha value is -1.66. The highest BCUT2D eigenvalue weighted by Crippen LogP contribution is 2.53. The predicted octanol–water partition coefficient (Wildman–Crippen LogP) is 4.35. The SMILES string of the molecule is C=C(C)C(/C=C/C)(C(=O)/C=C(/C)O)C(F)(F)C(F)(F)F. The van der Waals surface area contributed by atoms with Crippen molar-refractivity contribution in [3.05, 3.63) is 36.1 Å². The van der Waals surface area contributed by atoms with Gasteiger partial charge in [0.05, 0.1) is 5.76 Å². The zero-order chi connectivity index (χ0) is 16.4. The molecule has 0 amide bonds. The lowest BCUT2D eigenvalue weighted by atomic mass is 9.71. The Bertz CT molecular complexity index is 456. The number of hydrogen-bond donors (Lipinski definition) is 1. The summed E-state index contributed by atoms with van der Waals surface area (Å²) >= 11 is 0.